The van der Waals surface area contributed by atoms with Gasteiger partial charge in [-0.3, -0.25) is 4.79 Å². The maximum absolute atomic E-state index is 11.7. The van der Waals surface area contributed by atoms with Crippen molar-refractivity contribution in [3.63, 3.8) is 0 Å². The summed E-state index contributed by atoms with van der Waals surface area (Å²) < 4.78 is 27.9. The van der Waals surface area contributed by atoms with Crippen LogP contribution in [0.5, 0.6) is 0 Å². The van der Waals surface area contributed by atoms with Crippen LogP contribution in [-0.2, 0) is 19.2 Å². The van der Waals surface area contributed by atoms with Crippen molar-refractivity contribution in [3.05, 3.63) is 0 Å². The molecular weight excluding hydrogens is 254 g/mol. The molecule has 2 N–H and O–H groups in total. The fourth-order valence-corrected chi connectivity index (χ4v) is 1.18. The molecule has 0 saturated carbocycles. The fraction of sp³-hybridized carbons (Fsp3) is 0.667. The molecule has 7 nitrogen and oxygen atoms in total. The fourth-order valence-electron chi connectivity index (χ4n) is 1.18. The van der Waals surface area contributed by atoms with Gasteiger partial charge in [0.25, 0.3) is 12.3 Å². The Labute approximate surface area is 101 Å². The van der Waals surface area contributed by atoms with E-state index >= 15 is 0 Å². The average Bonchev–Trinajstić information content (AvgIpc) is 2.77. The quantitative estimate of drug-likeness (QED) is 0.612. The molecule has 0 aromatic carbocycles. The Morgan fingerprint density at radius 3 is 2.89 bits per heavy atom. The number of alkyl halides is 2. The van der Waals surface area contributed by atoms with Gasteiger partial charge in [-0.1, -0.05) is 5.16 Å². The Bertz CT molecular complexity index is 348. The van der Waals surface area contributed by atoms with E-state index in [9.17, 15) is 18.4 Å². The number of carbonyl (C=O) groups excluding carboxylic acids is 1. The van der Waals surface area contributed by atoms with E-state index in [0.717, 1.165) is 0 Å². The van der Waals surface area contributed by atoms with Crippen LogP contribution in [0.25, 0.3) is 0 Å². The lowest BCUT2D eigenvalue weighted by atomic mass is 10.2. The maximum Gasteiger partial charge on any atom is 0.353 e. The Kier molecular flexibility index (Phi) is 5.43. The van der Waals surface area contributed by atoms with E-state index in [0.29, 0.717) is 0 Å². The second-order valence-corrected chi connectivity index (χ2v) is 3.40. The molecule has 1 aliphatic heterocycles. The van der Waals surface area contributed by atoms with Crippen molar-refractivity contribution >= 4 is 17.6 Å². The number of carbonyl (C=O) groups is 2. The molecular formula is C9H12F2N2O5. The Hall–Kier alpha value is -1.77. The number of hydrogen-bond acceptors (Lipinski definition) is 5. The number of halogens is 2. The summed E-state index contributed by atoms with van der Waals surface area (Å²) in [6, 6.07) is 0. The van der Waals surface area contributed by atoms with Gasteiger partial charge in [0.1, 0.15) is 6.61 Å². The lowest BCUT2D eigenvalue weighted by Crippen LogP contribution is -2.37. The zero-order chi connectivity index (χ0) is 13.5. The molecule has 0 bridgehead atoms. The Morgan fingerprint density at radius 1 is 1.61 bits per heavy atom. The van der Waals surface area contributed by atoms with Crippen LogP contribution in [0, 0.1) is 0 Å². The molecule has 0 aromatic rings. The van der Waals surface area contributed by atoms with Gasteiger partial charge in [-0.25, -0.2) is 13.6 Å². The number of ether oxygens (including phenoxy) is 1. The maximum atomic E-state index is 11.7. The first kappa shape index (κ1) is 14.3. The SMILES string of the molecule is O=C(O)C1=NOC(C(=O)NCCOCC(F)F)C1. The third-order valence-corrected chi connectivity index (χ3v) is 2.00. The summed E-state index contributed by atoms with van der Waals surface area (Å²) in [6.45, 7) is -0.717. The second kappa shape index (κ2) is 6.84. The highest BCUT2D eigenvalue weighted by Crippen LogP contribution is 2.10. The van der Waals surface area contributed by atoms with Gasteiger partial charge in [0.2, 0.25) is 6.10 Å². The van der Waals surface area contributed by atoms with Crippen molar-refractivity contribution in [2.24, 2.45) is 5.16 Å². The molecule has 1 unspecified atom stereocenters. The zero-order valence-electron chi connectivity index (χ0n) is 9.27. The van der Waals surface area contributed by atoms with Crippen molar-refractivity contribution in [2.45, 2.75) is 19.0 Å². The highest BCUT2D eigenvalue weighted by atomic mass is 19.3. The number of oxime groups is 1. The van der Waals surface area contributed by atoms with E-state index in [2.05, 4.69) is 20.0 Å². The first-order chi connectivity index (χ1) is 8.50. The van der Waals surface area contributed by atoms with E-state index in [1.165, 1.54) is 0 Å². The van der Waals surface area contributed by atoms with Crippen LogP contribution in [0.2, 0.25) is 0 Å². The van der Waals surface area contributed by atoms with Crippen LogP contribution in [0.15, 0.2) is 5.16 Å². The van der Waals surface area contributed by atoms with Crippen molar-refractivity contribution in [1.82, 2.24) is 5.32 Å². The largest absolute Gasteiger partial charge is 0.477 e. The minimum atomic E-state index is -2.55. The minimum Gasteiger partial charge on any atom is -0.477 e. The summed E-state index contributed by atoms with van der Waals surface area (Å²) in [5.41, 5.74) is -0.232. The smallest absolute Gasteiger partial charge is 0.353 e. The number of amides is 1. The number of aliphatic carboxylic acids is 1. The van der Waals surface area contributed by atoms with Crippen LogP contribution in [0.3, 0.4) is 0 Å². The number of nitrogens with one attached hydrogen (secondary N) is 1. The molecule has 1 amide bonds. The average molecular weight is 266 g/mol. The molecule has 1 atom stereocenters. The first-order valence-electron chi connectivity index (χ1n) is 5.10. The molecule has 18 heavy (non-hydrogen) atoms. The third kappa shape index (κ3) is 4.62. The second-order valence-electron chi connectivity index (χ2n) is 3.40. The standard InChI is InChI=1S/C9H12F2N2O5/c10-7(11)4-17-2-1-12-8(14)6-3-5(9(15)16)13-18-6/h6-7H,1-4H2,(H,12,14)(H,15,16). The minimum absolute atomic E-state index is 0.0355. The predicted molar refractivity (Wildman–Crippen MR) is 54.4 cm³/mol. The first-order valence-corrected chi connectivity index (χ1v) is 5.10. The monoisotopic (exact) mass is 266 g/mol. The van der Waals surface area contributed by atoms with Crippen LogP contribution < -0.4 is 5.32 Å². The van der Waals surface area contributed by atoms with Gasteiger partial charge in [-0.15, -0.1) is 0 Å². The molecule has 1 rings (SSSR count). The van der Waals surface area contributed by atoms with Crippen molar-refractivity contribution < 1.29 is 33.1 Å². The van der Waals surface area contributed by atoms with Gasteiger partial charge in [0, 0.05) is 13.0 Å². The molecule has 0 fully saturated rings. The molecule has 0 spiro atoms. The Balaban J connectivity index is 2.14. The van der Waals surface area contributed by atoms with Crippen molar-refractivity contribution in [1.29, 1.82) is 0 Å². The predicted octanol–water partition coefficient (Wildman–Crippen LogP) is -0.386. The third-order valence-electron chi connectivity index (χ3n) is 2.00. The number of carboxylic acids is 1. The molecule has 102 valence electrons. The molecule has 0 radical (unpaired) electrons. The summed E-state index contributed by atoms with van der Waals surface area (Å²) in [5, 5.41) is 14.2. The zero-order valence-corrected chi connectivity index (χ0v) is 9.27. The van der Waals surface area contributed by atoms with Crippen LogP contribution in [-0.4, -0.2) is 55.0 Å². The number of rotatable bonds is 7. The van der Waals surface area contributed by atoms with E-state index in [4.69, 9.17) is 5.11 Å². The molecule has 0 aliphatic carbocycles. The van der Waals surface area contributed by atoms with E-state index in [1.807, 2.05) is 0 Å². The van der Waals surface area contributed by atoms with Crippen LogP contribution >= 0.6 is 0 Å². The van der Waals surface area contributed by atoms with Gasteiger partial charge in [0.15, 0.2) is 5.71 Å². The van der Waals surface area contributed by atoms with Crippen LogP contribution in [0.1, 0.15) is 6.42 Å². The van der Waals surface area contributed by atoms with Gasteiger partial charge < -0.3 is 20.0 Å². The number of carboxylic acid groups (broad SMARTS) is 1. The highest BCUT2D eigenvalue weighted by molar-refractivity contribution is 6.36. The molecule has 9 heteroatoms. The van der Waals surface area contributed by atoms with E-state index < -0.39 is 31.0 Å². The summed E-state index contributed by atoms with van der Waals surface area (Å²) in [7, 11) is 0. The summed E-state index contributed by atoms with van der Waals surface area (Å²) in [5.74, 6) is -1.80. The van der Waals surface area contributed by atoms with E-state index in [1.54, 1.807) is 0 Å². The molecule has 1 aliphatic rings. The lowest BCUT2D eigenvalue weighted by molar-refractivity contribution is -0.131. The van der Waals surface area contributed by atoms with Gasteiger partial charge >= 0.3 is 5.97 Å². The number of hydrogen-bond donors (Lipinski definition) is 2. The summed E-state index contributed by atoms with van der Waals surface area (Å²) >= 11 is 0. The molecule has 0 aromatic heterocycles. The van der Waals surface area contributed by atoms with Gasteiger partial charge in [-0.2, -0.15) is 0 Å². The summed E-state index contributed by atoms with van der Waals surface area (Å²) in [4.78, 5) is 26.5. The molecule has 1 heterocycles. The normalized spacial score (nSPS) is 18.4. The topological polar surface area (TPSA) is 97.2 Å². The summed E-state index contributed by atoms with van der Waals surface area (Å²) in [6.07, 6.45) is -3.67. The van der Waals surface area contributed by atoms with Crippen molar-refractivity contribution in [3.8, 4) is 0 Å². The molecule has 0 saturated heterocycles. The lowest BCUT2D eigenvalue weighted by Gasteiger charge is -2.09. The number of nitrogens with zero attached hydrogens (tertiary/aromatic N) is 1. The highest BCUT2D eigenvalue weighted by Gasteiger charge is 2.31. The van der Waals surface area contributed by atoms with Gasteiger partial charge in [-0.05, 0) is 0 Å². The van der Waals surface area contributed by atoms with Gasteiger partial charge in [0.05, 0.1) is 6.61 Å². The Morgan fingerprint density at radius 2 is 2.33 bits per heavy atom. The van der Waals surface area contributed by atoms with Crippen molar-refractivity contribution in [2.75, 3.05) is 19.8 Å². The van der Waals surface area contributed by atoms with E-state index in [-0.39, 0.29) is 25.3 Å². The van der Waals surface area contributed by atoms with Crippen LogP contribution in [0.4, 0.5) is 8.78 Å².